The number of nitrogens with one attached hydrogen (secondary N) is 1. The van der Waals surface area contributed by atoms with E-state index in [1.165, 1.54) is 17.0 Å². The number of hydrogen-bond donors (Lipinski definition) is 1. The van der Waals surface area contributed by atoms with Crippen LogP contribution in [0.4, 0.5) is 5.69 Å². The molecule has 9 heteroatoms. The number of hydrogen-bond acceptors (Lipinski definition) is 4. The summed E-state index contributed by atoms with van der Waals surface area (Å²) in [5, 5.41) is 3.36. The van der Waals surface area contributed by atoms with Crippen molar-refractivity contribution >= 4 is 39.1 Å². The molecule has 0 spiro atoms. The fourth-order valence-electron chi connectivity index (χ4n) is 4.41. The summed E-state index contributed by atoms with van der Waals surface area (Å²) in [6, 6.07) is 21.7. The van der Waals surface area contributed by atoms with Gasteiger partial charge < -0.3 is 10.2 Å². The molecule has 3 aromatic carbocycles. The lowest BCUT2D eigenvalue weighted by molar-refractivity contribution is -0.139. The number of benzene rings is 3. The molecule has 39 heavy (non-hydrogen) atoms. The number of aryl methyl sites for hydroxylation is 1. The molecule has 3 rings (SSSR count). The van der Waals surface area contributed by atoms with Gasteiger partial charge in [0.05, 0.1) is 10.6 Å². The molecule has 0 saturated heterocycles. The number of nitrogens with zero attached hydrogens (tertiary/aromatic N) is 2. The number of anilines is 1. The average Bonchev–Trinajstić information content (AvgIpc) is 2.90. The Morgan fingerprint density at radius 3 is 2.13 bits per heavy atom. The Morgan fingerprint density at radius 1 is 0.949 bits per heavy atom. The molecule has 0 saturated carbocycles. The number of sulfonamides is 1. The van der Waals surface area contributed by atoms with Gasteiger partial charge in [-0.1, -0.05) is 67.1 Å². The molecule has 7 nitrogen and oxygen atoms in total. The number of rotatable bonds is 12. The van der Waals surface area contributed by atoms with Crippen LogP contribution >= 0.6 is 11.6 Å². The molecular weight excluding hydrogens is 534 g/mol. The van der Waals surface area contributed by atoms with Gasteiger partial charge in [0.15, 0.2) is 0 Å². The van der Waals surface area contributed by atoms with Crippen LogP contribution < -0.4 is 9.62 Å². The predicted molar refractivity (Wildman–Crippen MR) is 156 cm³/mol. The van der Waals surface area contributed by atoms with Crippen LogP contribution in [-0.4, -0.2) is 50.3 Å². The SMILES string of the molecule is CC[C@H](C(=O)NC(C)C)N(CCc1ccccc1)C(=O)CN(c1ccc(Cl)cc1C)S(=O)(=O)c1ccccc1. The minimum atomic E-state index is -4.11. The van der Waals surface area contributed by atoms with E-state index in [-0.39, 0.29) is 23.4 Å². The molecule has 0 fully saturated rings. The van der Waals surface area contributed by atoms with Crippen LogP contribution in [0.25, 0.3) is 0 Å². The molecule has 1 N–H and O–H groups in total. The molecule has 0 radical (unpaired) electrons. The van der Waals surface area contributed by atoms with Crippen molar-refractivity contribution < 1.29 is 18.0 Å². The topological polar surface area (TPSA) is 86.8 Å². The third-order valence-electron chi connectivity index (χ3n) is 6.34. The van der Waals surface area contributed by atoms with Crippen molar-refractivity contribution in [1.82, 2.24) is 10.2 Å². The van der Waals surface area contributed by atoms with Gasteiger partial charge in [-0.25, -0.2) is 8.42 Å². The van der Waals surface area contributed by atoms with E-state index in [4.69, 9.17) is 11.6 Å². The zero-order valence-corrected chi connectivity index (χ0v) is 24.4. The van der Waals surface area contributed by atoms with E-state index < -0.39 is 28.5 Å². The van der Waals surface area contributed by atoms with E-state index in [0.29, 0.717) is 29.1 Å². The number of carbonyl (C=O) groups excluding carboxylic acids is 2. The van der Waals surface area contributed by atoms with E-state index in [0.717, 1.165) is 9.87 Å². The van der Waals surface area contributed by atoms with Gasteiger partial charge in [-0.05, 0) is 75.1 Å². The highest BCUT2D eigenvalue weighted by Gasteiger charge is 2.34. The Hall–Kier alpha value is -3.36. The van der Waals surface area contributed by atoms with Crippen molar-refractivity contribution in [2.24, 2.45) is 0 Å². The summed E-state index contributed by atoms with van der Waals surface area (Å²) < 4.78 is 28.8. The van der Waals surface area contributed by atoms with Gasteiger partial charge >= 0.3 is 0 Å². The van der Waals surface area contributed by atoms with Gasteiger partial charge in [-0.15, -0.1) is 0 Å². The van der Waals surface area contributed by atoms with E-state index in [9.17, 15) is 18.0 Å². The lowest BCUT2D eigenvalue weighted by Crippen LogP contribution is -2.54. The second-order valence-electron chi connectivity index (χ2n) is 9.67. The van der Waals surface area contributed by atoms with Gasteiger partial charge in [0.1, 0.15) is 12.6 Å². The van der Waals surface area contributed by atoms with Crippen LogP contribution in [0.1, 0.15) is 38.3 Å². The zero-order chi connectivity index (χ0) is 28.6. The van der Waals surface area contributed by atoms with Crippen LogP contribution in [-0.2, 0) is 26.0 Å². The normalized spacial score (nSPS) is 12.2. The maximum Gasteiger partial charge on any atom is 0.264 e. The van der Waals surface area contributed by atoms with Gasteiger partial charge in [0, 0.05) is 17.6 Å². The highest BCUT2D eigenvalue weighted by Crippen LogP contribution is 2.29. The van der Waals surface area contributed by atoms with Gasteiger partial charge in [0.25, 0.3) is 10.0 Å². The number of halogens is 1. The predicted octanol–water partition coefficient (Wildman–Crippen LogP) is 5.22. The Balaban J connectivity index is 2.03. The third kappa shape index (κ3) is 7.83. The molecule has 2 amide bonds. The number of amides is 2. The second-order valence-corrected chi connectivity index (χ2v) is 12.0. The summed E-state index contributed by atoms with van der Waals surface area (Å²) >= 11 is 6.16. The fraction of sp³-hybridized carbons (Fsp3) is 0.333. The van der Waals surface area contributed by atoms with Gasteiger partial charge in [-0.3, -0.25) is 13.9 Å². The molecule has 3 aromatic rings. The lowest BCUT2D eigenvalue weighted by atomic mass is 10.1. The van der Waals surface area contributed by atoms with E-state index in [2.05, 4.69) is 5.32 Å². The molecule has 208 valence electrons. The zero-order valence-electron chi connectivity index (χ0n) is 22.8. The first-order valence-electron chi connectivity index (χ1n) is 13.0. The van der Waals surface area contributed by atoms with Crippen LogP contribution in [0.3, 0.4) is 0 Å². The van der Waals surface area contributed by atoms with E-state index in [1.54, 1.807) is 43.3 Å². The highest BCUT2D eigenvalue weighted by molar-refractivity contribution is 7.92. The molecule has 0 bridgehead atoms. The molecular formula is C30H36ClN3O4S. The Bertz CT molecular complexity index is 1370. The fourth-order valence-corrected chi connectivity index (χ4v) is 6.13. The van der Waals surface area contributed by atoms with E-state index in [1.807, 2.05) is 51.1 Å². The second kappa shape index (κ2) is 13.6. The first kappa shape index (κ1) is 30.2. The largest absolute Gasteiger partial charge is 0.352 e. The van der Waals surface area contributed by atoms with Gasteiger partial charge in [-0.2, -0.15) is 0 Å². The van der Waals surface area contributed by atoms with Crippen molar-refractivity contribution in [3.8, 4) is 0 Å². The maximum absolute atomic E-state index is 14.0. The Morgan fingerprint density at radius 2 is 1.56 bits per heavy atom. The number of carbonyl (C=O) groups is 2. The molecule has 0 aliphatic rings. The lowest BCUT2D eigenvalue weighted by Gasteiger charge is -2.34. The smallest absolute Gasteiger partial charge is 0.264 e. The summed E-state index contributed by atoms with van der Waals surface area (Å²) in [6.07, 6.45) is 0.897. The van der Waals surface area contributed by atoms with Crippen LogP contribution in [0, 0.1) is 6.92 Å². The Kier molecular flexibility index (Phi) is 10.5. The molecule has 0 unspecified atom stereocenters. The highest BCUT2D eigenvalue weighted by atomic mass is 35.5. The molecule has 0 aliphatic heterocycles. The first-order valence-corrected chi connectivity index (χ1v) is 14.8. The minimum absolute atomic E-state index is 0.0626. The van der Waals surface area contributed by atoms with Crippen molar-refractivity contribution in [2.45, 2.75) is 57.5 Å². The van der Waals surface area contributed by atoms with Crippen LogP contribution in [0.2, 0.25) is 5.02 Å². The molecule has 0 aromatic heterocycles. The summed E-state index contributed by atoms with van der Waals surface area (Å²) in [5.74, 6) is -0.736. The van der Waals surface area contributed by atoms with Crippen molar-refractivity contribution in [3.63, 3.8) is 0 Å². The summed E-state index contributed by atoms with van der Waals surface area (Å²) in [7, 11) is -4.11. The average molecular weight is 570 g/mol. The van der Waals surface area contributed by atoms with E-state index >= 15 is 0 Å². The first-order chi connectivity index (χ1) is 18.5. The summed E-state index contributed by atoms with van der Waals surface area (Å²) in [5.41, 5.74) is 1.96. The monoisotopic (exact) mass is 569 g/mol. The summed E-state index contributed by atoms with van der Waals surface area (Å²) in [4.78, 5) is 28.7. The van der Waals surface area contributed by atoms with Crippen molar-refractivity contribution in [3.05, 3.63) is 95.0 Å². The molecule has 0 heterocycles. The molecule has 1 atom stereocenters. The quantitative estimate of drug-likeness (QED) is 0.324. The summed E-state index contributed by atoms with van der Waals surface area (Å²) in [6.45, 7) is 7.09. The minimum Gasteiger partial charge on any atom is -0.352 e. The maximum atomic E-state index is 14.0. The third-order valence-corrected chi connectivity index (χ3v) is 8.35. The standard InChI is InChI=1S/C30H36ClN3O4S/c1-5-27(30(36)32-22(2)3)33(19-18-24-12-8-6-9-13-24)29(35)21-34(28-17-16-25(31)20-23(28)4)39(37,38)26-14-10-7-11-15-26/h6-17,20,22,27H,5,18-19,21H2,1-4H3,(H,32,36)/t27-/m1/s1. The van der Waals surface area contributed by atoms with Crippen LogP contribution in [0.15, 0.2) is 83.8 Å². The van der Waals surface area contributed by atoms with Crippen molar-refractivity contribution in [1.29, 1.82) is 0 Å². The van der Waals surface area contributed by atoms with Crippen LogP contribution in [0.5, 0.6) is 0 Å². The molecule has 0 aliphatic carbocycles. The van der Waals surface area contributed by atoms with Crippen molar-refractivity contribution in [2.75, 3.05) is 17.4 Å². The Labute approximate surface area is 236 Å². The van der Waals surface area contributed by atoms with Gasteiger partial charge in [0.2, 0.25) is 11.8 Å².